The Bertz CT molecular complexity index is 339. The van der Waals surface area contributed by atoms with Gasteiger partial charge in [-0.15, -0.1) is 0 Å². The Hall–Kier alpha value is -1.55. The molecule has 0 fully saturated rings. The lowest BCUT2D eigenvalue weighted by Gasteiger charge is -2.07. The molecule has 1 rings (SSSR count). The number of rotatable bonds is 5. The van der Waals surface area contributed by atoms with Crippen molar-refractivity contribution in [3.05, 3.63) is 41.9 Å². The number of alkyl carbamates (subject to hydrolysis) is 1. The first-order valence-electron chi connectivity index (χ1n) is 5.05. The topological polar surface area (TPSA) is 47.6 Å². The lowest BCUT2D eigenvalue weighted by Crippen LogP contribution is -2.23. The van der Waals surface area contributed by atoms with Crippen molar-refractivity contribution in [2.75, 3.05) is 20.3 Å². The maximum absolute atomic E-state index is 11.2. The van der Waals surface area contributed by atoms with E-state index in [-0.39, 0.29) is 6.61 Å². The van der Waals surface area contributed by atoms with Crippen LogP contribution in [0.15, 0.2) is 24.3 Å². The zero-order valence-electron chi connectivity index (χ0n) is 9.53. The SMILES string of the molecule is COCCOC(=O)N[CH]c1ccccc1C. The minimum Gasteiger partial charge on any atom is -0.447 e. The second kappa shape index (κ2) is 6.85. The Labute approximate surface area is 95.6 Å². The normalized spacial score (nSPS) is 9.88. The number of hydrogen-bond acceptors (Lipinski definition) is 3. The number of amides is 1. The van der Waals surface area contributed by atoms with Gasteiger partial charge in [-0.1, -0.05) is 24.3 Å². The molecule has 0 aromatic heterocycles. The summed E-state index contributed by atoms with van der Waals surface area (Å²) in [5, 5.41) is 2.56. The van der Waals surface area contributed by atoms with Crippen molar-refractivity contribution in [1.29, 1.82) is 0 Å². The number of methoxy groups -OCH3 is 1. The summed E-state index contributed by atoms with van der Waals surface area (Å²) in [7, 11) is 1.56. The molecule has 87 valence electrons. The predicted octanol–water partition coefficient (Wildman–Crippen LogP) is 1.88. The van der Waals surface area contributed by atoms with Crippen LogP contribution in [-0.2, 0) is 9.47 Å². The highest BCUT2D eigenvalue weighted by molar-refractivity contribution is 5.68. The molecule has 0 saturated carbocycles. The average molecular weight is 222 g/mol. The number of carbonyl (C=O) groups is 1. The van der Waals surface area contributed by atoms with Crippen molar-refractivity contribution in [2.24, 2.45) is 0 Å². The van der Waals surface area contributed by atoms with Crippen molar-refractivity contribution in [1.82, 2.24) is 5.32 Å². The maximum Gasteiger partial charge on any atom is 0.407 e. The summed E-state index contributed by atoms with van der Waals surface area (Å²) in [6.07, 6.45) is -0.472. The van der Waals surface area contributed by atoms with Crippen LogP contribution in [0.5, 0.6) is 0 Å². The number of hydrogen-bond donors (Lipinski definition) is 1. The number of nitrogens with one attached hydrogen (secondary N) is 1. The molecule has 1 N–H and O–H groups in total. The third-order valence-electron chi connectivity index (χ3n) is 2.05. The molecule has 0 aliphatic heterocycles. The third-order valence-corrected chi connectivity index (χ3v) is 2.05. The molecule has 4 heteroatoms. The van der Waals surface area contributed by atoms with E-state index in [1.165, 1.54) is 0 Å². The van der Waals surface area contributed by atoms with E-state index in [4.69, 9.17) is 9.47 Å². The summed E-state index contributed by atoms with van der Waals surface area (Å²) in [6.45, 7) is 4.26. The van der Waals surface area contributed by atoms with Crippen LogP contribution in [0.3, 0.4) is 0 Å². The van der Waals surface area contributed by atoms with Gasteiger partial charge >= 0.3 is 6.09 Å². The molecule has 0 bridgehead atoms. The molecule has 0 unspecified atom stereocenters. The number of aryl methyl sites for hydroxylation is 1. The first-order chi connectivity index (χ1) is 7.74. The van der Waals surface area contributed by atoms with Gasteiger partial charge in [-0.05, 0) is 18.1 Å². The van der Waals surface area contributed by atoms with Crippen LogP contribution in [-0.4, -0.2) is 26.4 Å². The molecule has 0 aliphatic rings. The van der Waals surface area contributed by atoms with Crippen molar-refractivity contribution in [3.63, 3.8) is 0 Å². The van der Waals surface area contributed by atoms with Gasteiger partial charge < -0.3 is 14.8 Å². The van der Waals surface area contributed by atoms with Crippen LogP contribution in [0.2, 0.25) is 0 Å². The molecule has 0 heterocycles. The van der Waals surface area contributed by atoms with Crippen LogP contribution < -0.4 is 5.32 Å². The Morgan fingerprint density at radius 1 is 1.38 bits per heavy atom. The average Bonchev–Trinajstić information content (AvgIpc) is 2.28. The zero-order chi connectivity index (χ0) is 11.8. The van der Waals surface area contributed by atoms with Crippen molar-refractivity contribution >= 4 is 6.09 Å². The molecule has 1 aromatic rings. The Morgan fingerprint density at radius 2 is 2.12 bits per heavy atom. The van der Waals surface area contributed by atoms with E-state index in [0.717, 1.165) is 11.1 Å². The van der Waals surface area contributed by atoms with Crippen molar-refractivity contribution in [2.45, 2.75) is 6.92 Å². The summed E-state index contributed by atoms with van der Waals surface area (Å²) < 4.78 is 9.60. The molecule has 0 atom stereocenters. The molecular formula is C12H16NO3. The first kappa shape index (κ1) is 12.5. The Balaban J connectivity index is 2.29. The largest absolute Gasteiger partial charge is 0.447 e. The minimum atomic E-state index is -0.472. The zero-order valence-corrected chi connectivity index (χ0v) is 9.53. The van der Waals surface area contributed by atoms with Crippen LogP contribution >= 0.6 is 0 Å². The first-order valence-corrected chi connectivity index (χ1v) is 5.05. The molecule has 4 nitrogen and oxygen atoms in total. The van der Waals surface area contributed by atoms with Crippen molar-refractivity contribution in [3.8, 4) is 0 Å². The molecule has 1 amide bonds. The predicted molar refractivity (Wildman–Crippen MR) is 60.9 cm³/mol. The highest BCUT2D eigenvalue weighted by Gasteiger charge is 2.03. The molecule has 0 spiro atoms. The standard InChI is InChI=1S/C12H16NO3/c1-10-5-3-4-6-11(10)9-13-12(14)16-8-7-15-2/h3-6,9H,7-8H2,1-2H3,(H,13,14). The quantitative estimate of drug-likeness (QED) is 0.774. The monoisotopic (exact) mass is 222 g/mol. The summed E-state index contributed by atoms with van der Waals surface area (Å²) in [5.41, 5.74) is 2.06. The van der Waals surface area contributed by atoms with Crippen LogP contribution in [0, 0.1) is 13.5 Å². The molecule has 1 aromatic carbocycles. The van der Waals surface area contributed by atoms with Crippen LogP contribution in [0.1, 0.15) is 11.1 Å². The maximum atomic E-state index is 11.2. The second-order valence-electron chi connectivity index (χ2n) is 3.27. The fourth-order valence-electron chi connectivity index (χ4n) is 1.14. The highest BCUT2D eigenvalue weighted by Crippen LogP contribution is 2.07. The minimum absolute atomic E-state index is 0.254. The van der Waals surface area contributed by atoms with E-state index in [1.807, 2.05) is 31.2 Å². The van der Waals surface area contributed by atoms with E-state index in [2.05, 4.69) is 5.32 Å². The van der Waals surface area contributed by atoms with Gasteiger partial charge in [0.1, 0.15) is 6.61 Å². The van der Waals surface area contributed by atoms with Gasteiger partial charge in [0, 0.05) is 7.11 Å². The number of carbonyl (C=O) groups excluding carboxylic acids is 1. The lowest BCUT2D eigenvalue weighted by molar-refractivity contribution is 0.100. The number of benzene rings is 1. The highest BCUT2D eigenvalue weighted by atomic mass is 16.6. The fourth-order valence-corrected chi connectivity index (χ4v) is 1.14. The second-order valence-corrected chi connectivity index (χ2v) is 3.27. The lowest BCUT2D eigenvalue weighted by atomic mass is 10.1. The molecule has 0 aliphatic carbocycles. The van der Waals surface area contributed by atoms with Gasteiger partial charge in [-0.2, -0.15) is 0 Å². The smallest absolute Gasteiger partial charge is 0.407 e. The van der Waals surface area contributed by atoms with Gasteiger partial charge in [-0.3, -0.25) is 0 Å². The molecule has 0 saturated heterocycles. The Morgan fingerprint density at radius 3 is 2.81 bits per heavy atom. The van der Waals surface area contributed by atoms with Crippen LogP contribution in [0.25, 0.3) is 0 Å². The summed E-state index contributed by atoms with van der Waals surface area (Å²) in [6, 6.07) is 7.76. The summed E-state index contributed by atoms with van der Waals surface area (Å²) in [4.78, 5) is 11.2. The number of ether oxygens (including phenoxy) is 2. The van der Waals surface area contributed by atoms with E-state index in [0.29, 0.717) is 6.61 Å². The van der Waals surface area contributed by atoms with Gasteiger partial charge in [0.25, 0.3) is 0 Å². The van der Waals surface area contributed by atoms with E-state index in [9.17, 15) is 4.79 Å². The van der Waals surface area contributed by atoms with Crippen molar-refractivity contribution < 1.29 is 14.3 Å². The molecular weight excluding hydrogens is 206 g/mol. The van der Waals surface area contributed by atoms with Gasteiger partial charge in [-0.25, -0.2) is 4.79 Å². The van der Waals surface area contributed by atoms with Crippen LogP contribution in [0.4, 0.5) is 4.79 Å². The van der Waals surface area contributed by atoms with E-state index >= 15 is 0 Å². The van der Waals surface area contributed by atoms with Gasteiger partial charge in [0.05, 0.1) is 13.2 Å². The van der Waals surface area contributed by atoms with E-state index < -0.39 is 6.09 Å². The molecule has 1 radical (unpaired) electrons. The Kier molecular flexibility index (Phi) is 5.36. The van der Waals surface area contributed by atoms with Gasteiger partial charge in [0.15, 0.2) is 0 Å². The summed E-state index contributed by atoms with van der Waals surface area (Å²) >= 11 is 0. The van der Waals surface area contributed by atoms with Gasteiger partial charge in [0.2, 0.25) is 0 Å². The summed E-state index contributed by atoms with van der Waals surface area (Å²) in [5.74, 6) is 0. The fraction of sp³-hybridized carbons (Fsp3) is 0.333. The molecule has 16 heavy (non-hydrogen) atoms. The third kappa shape index (κ3) is 4.31. The van der Waals surface area contributed by atoms with E-state index in [1.54, 1.807) is 13.7 Å².